The highest BCUT2D eigenvalue weighted by Gasteiger charge is 2.36. The van der Waals surface area contributed by atoms with Gasteiger partial charge in [0.15, 0.2) is 0 Å². The molecule has 0 unspecified atom stereocenters. The Hall–Kier alpha value is -2.33. The molecule has 0 heterocycles. The number of carboxylic acid groups (broad SMARTS) is 1. The second kappa shape index (κ2) is 7.96. The van der Waals surface area contributed by atoms with Crippen molar-refractivity contribution >= 4 is 32.8 Å². The molecule has 3 nitrogen and oxygen atoms in total. The summed E-state index contributed by atoms with van der Waals surface area (Å²) in [5.74, 6) is 0.416. The summed E-state index contributed by atoms with van der Waals surface area (Å²) in [4.78, 5) is 13.9. The zero-order valence-electron chi connectivity index (χ0n) is 15.9. The van der Waals surface area contributed by atoms with E-state index in [4.69, 9.17) is 0 Å². The summed E-state index contributed by atoms with van der Waals surface area (Å²) >= 11 is 3.49. The molecule has 1 N–H and O–H groups in total. The summed E-state index contributed by atoms with van der Waals surface area (Å²) in [5, 5.41) is 12.3. The molecular formula is C24H24BrNO2. The molecule has 3 atom stereocenters. The normalized spacial score (nSPS) is 20.2. The number of rotatable bonds is 4. The van der Waals surface area contributed by atoms with Crippen LogP contribution in [0.15, 0.2) is 71.2 Å². The van der Waals surface area contributed by atoms with Crippen LogP contribution in [-0.4, -0.2) is 22.1 Å². The third-order valence-electron chi connectivity index (χ3n) is 6.05. The molecule has 1 aliphatic rings. The minimum absolute atomic E-state index is 0.0418. The maximum absolute atomic E-state index is 12.2. The van der Waals surface area contributed by atoms with Crippen molar-refractivity contribution in [3.05, 3.63) is 82.3 Å². The Morgan fingerprint density at radius 3 is 2.50 bits per heavy atom. The lowest BCUT2D eigenvalue weighted by Gasteiger charge is -2.33. The van der Waals surface area contributed by atoms with Gasteiger partial charge in [-0.05, 0) is 66.1 Å². The molecule has 4 rings (SSSR count). The van der Waals surface area contributed by atoms with E-state index < -0.39 is 6.09 Å². The van der Waals surface area contributed by atoms with Crippen molar-refractivity contribution in [2.24, 2.45) is 0 Å². The predicted molar refractivity (Wildman–Crippen MR) is 117 cm³/mol. The van der Waals surface area contributed by atoms with Gasteiger partial charge < -0.3 is 5.11 Å². The molecule has 0 bridgehead atoms. The van der Waals surface area contributed by atoms with Crippen LogP contribution < -0.4 is 0 Å². The van der Waals surface area contributed by atoms with Gasteiger partial charge in [-0.1, -0.05) is 70.5 Å². The van der Waals surface area contributed by atoms with E-state index in [1.54, 1.807) is 4.90 Å². The van der Waals surface area contributed by atoms with Crippen molar-refractivity contribution in [3.8, 4) is 0 Å². The van der Waals surface area contributed by atoms with Gasteiger partial charge in [0.25, 0.3) is 0 Å². The quantitative estimate of drug-likeness (QED) is 0.477. The van der Waals surface area contributed by atoms with Gasteiger partial charge >= 0.3 is 6.09 Å². The summed E-state index contributed by atoms with van der Waals surface area (Å²) in [6.45, 7) is 2.02. The van der Waals surface area contributed by atoms with Gasteiger partial charge in [0.05, 0.1) is 6.04 Å². The zero-order valence-corrected chi connectivity index (χ0v) is 17.5. The van der Waals surface area contributed by atoms with Crippen LogP contribution in [0.25, 0.3) is 10.8 Å². The Morgan fingerprint density at radius 1 is 1.04 bits per heavy atom. The van der Waals surface area contributed by atoms with Crippen molar-refractivity contribution in [3.63, 3.8) is 0 Å². The number of benzene rings is 3. The maximum atomic E-state index is 12.2. The van der Waals surface area contributed by atoms with Crippen LogP contribution in [-0.2, 0) is 0 Å². The van der Waals surface area contributed by atoms with E-state index in [1.807, 2.05) is 25.1 Å². The number of fused-ring (bicyclic) bond motifs is 1. The average Bonchev–Trinajstić information content (AvgIpc) is 3.17. The van der Waals surface area contributed by atoms with E-state index in [2.05, 4.69) is 64.5 Å². The molecule has 1 saturated carbocycles. The van der Waals surface area contributed by atoms with E-state index in [0.717, 1.165) is 40.1 Å². The molecule has 4 heteroatoms. The number of amides is 1. The Bertz CT molecular complexity index is 980. The van der Waals surface area contributed by atoms with Gasteiger partial charge in [0, 0.05) is 10.5 Å². The van der Waals surface area contributed by atoms with Crippen LogP contribution in [0.3, 0.4) is 0 Å². The molecule has 3 aromatic carbocycles. The first-order valence-corrected chi connectivity index (χ1v) is 10.6. The Balaban J connectivity index is 1.60. The molecule has 0 spiro atoms. The summed E-state index contributed by atoms with van der Waals surface area (Å²) in [6.07, 6.45) is 1.98. The molecule has 0 aromatic heterocycles. The molecule has 0 saturated heterocycles. The minimum atomic E-state index is -0.832. The first kappa shape index (κ1) is 19.0. The highest BCUT2D eigenvalue weighted by Crippen LogP contribution is 2.40. The van der Waals surface area contributed by atoms with Gasteiger partial charge in [0.1, 0.15) is 0 Å². The van der Waals surface area contributed by atoms with Gasteiger partial charge in [-0.15, -0.1) is 0 Å². The smallest absolute Gasteiger partial charge is 0.408 e. The molecule has 3 aromatic rings. The highest BCUT2D eigenvalue weighted by molar-refractivity contribution is 9.10. The molecule has 0 radical (unpaired) electrons. The first-order valence-electron chi connectivity index (χ1n) is 9.79. The van der Waals surface area contributed by atoms with Crippen molar-refractivity contribution in [2.75, 3.05) is 0 Å². The van der Waals surface area contributed by atoms with E-state index in [1.165, 1.54) is 5.56 Å². The van der Waals surface area contributed by atoms with Crippen molar-refractivity contribution in [2.45, 2.75) is 44.2 Å². The summed E-state index contributed by atoms with van der Waals surface area (Å²) in [7, 11) is 0. The summed E-state index contributed by atoms with van der Waals surface area (Å²) in [6, 6.07) is 22.6. The fourth-order valence-electron chi connectivity index (χ4n) is 4.65. The van der Waals surface area contributed by atoms with Crippen LogP contribution in [0.5, 0.6) is 0 Å². The second-order valence-corrected chi connectivity index (χ2v) is 8.57. The van der Waals surface area contributed by atoms with Crippen molar-refractivity contribution in [1.29, 1.82) is 0 Å². The number of halogens is 1. The van der Waals surface area contributed by atoms with E-state index in [0.29, 0.717) is 5.92 Å². The molecule has 1 fully saturated rings. The third-order valence-corrected chi connectivity index (χ3v) is 6.58. The van der Waals surface area contributed by atoms with Crippen LogP contribution in [0, 0.1) is 0 Å². The summed E-state index contributed by atoms with van der Waals surface area (Å²) < 4.78 is 1.07. The highest BCUT2D eigenvalue weighted by atomic mass is 79.9. The average molecular weight is 438 g/mol. The van der Waals surface area contributed by atoms with E-state index in [9.17, 15) is 9.90 Å². The van der Waals surface area contributed by atoms with Gasteiger partial charge in [0.2, 0.25) is 0 Å². The standard InChI is InChI=1S/C24H24BrNO2/c1-16(22-8-4-6-18-5-2-3-7-23(18)22)26(24(27)28)21-14-11-19(15-21)17-9-12-20(25)13-10-17/h2-10,12-13,16,19,21H,11,14-15H2,1H3,(H,27,28)/t16-,19-,21+/m1/s1. The number of hydrogen-bond donors (Lipinski definition) is 1. The number of hydrogen-bond acceptors (Lipinski definition) is 1. The fraction of sp³-hybridized carbons (Fsp3) is 0.292. The molecule has 0 aliphatic heterocycles. The lowest BCUT2D eigenvalue weighted by molar-refractivity contribution is 0.103. The van der Waals surface area contributed by atoms with Crippen molar-refractivity contribution in [1.82, 2.24) is 4.90 Å². The van der Waals surface area contributed by atoms with Crippen LogP contribution in [0.2, 0.25) is 0 Å². The lowest BCUT2D eigenvalue weighted by atomic mass is 9.96. The Morgan fingerprint density at radius 2 is 1.75 bits per heavy atom. The van der Waals surface area contributed by atoms with Crippen molar-refractivity contribution < 1.29 is 9.90 Å². The van der Waals surface area contributed by atoms with Gasteiger partial charge in [-0.3, -0.25) is 4.90 Å². The number of carbonyl (C=O) groups is 1. The SMILES string of the molecule is C[C@H](c1cccc2ccccc12)N(C(=O)O)[C@H]1CC[C@@H](c2ccc(Br)cc2)C1. The zero-order chi connectivity index (χ0) is 19.7. The molecule has 1 amide bonds. The van der Waals surface area contributed by atoms with Gasteiger partial charge in [-0.25, -0.2) is 4.79 Å². The Labute approximate surface area is 174 Å². The largest absolute Gasteiger partial charge is 0.465 e. The lowest BCUT2D eigenvalue weighted by Crippen LogP contribution is -2.40. The Kier molecular flexibility index (Phi) is 5.40. The van der Waals surface area contributed by atoms with E-state index >= 15 is 0 Å². The predicted octanol–water partition coefficient (Wildman–Crippen LogP) is 6.98. The van der Waals surface area contributed by atoms with Crippen LogP contribution >= 0.6 is 15.9 Å². The first-order chi connectivity index (χ1) is 13.5. The van der Waals surface area contributed by atoms with Crippen LogP contribution in [0.4, 0.5) is 4.79 Å². The second-order valence-electron chi connectivity index (χ2n) is 7.65. The fourth-order valence-corrected chi connectivity index (χ4v) is 4.92. The van der Waals surface area contributed by atoms with Gasteiger partial charge in [-0.2, -0.15) is 0 Å². The third kappa shape index (κ3) is 3.66. The minimum Gasteiger partial charge on any atom is -0.465 e. The molecule has 144 valence electrons. The molecular weight excluding hydrogens is 414 g/mol. The maximum Gasteiger partial charge on any atom is 0.408 e. The number of nitrogens with zero attached hydrogens (tertiary/aromatic N) is 1. The monoisotopic (exact) mass is 437 g/mol. The molecule has 28 heavy (non-hydrogen) atoms. The van der Waals surface area contributed by atoms with Crippen LogP contribution in [0.1, 0.15) is 49.3 Å². The summed E-state index contributed by atoms with van der Waals surface area (Å²) in [5.41, 5.74) is 2.38. The molecule has 1 aliphatic carbocycles. The topological polar surface area (TPSA) is 40.5 Å². The van der Waals surface area contributed by atoms with E-state index in [-0.39, 0.29) is 12.1 Å².